The van der Waals surface area contributed by atoms with Crippen LogP contribution in [0.5, 0.6) is 11.5 Å². The molecule has 3 aliphatic rings. The van der Waals surface area contributed by atoms with E-state index in [0.29, 0.717) is 29.7 Å². The standard InChI is InChI=1S/C19H23N3O3/c1-3-25-19-14(20)8-12(9-15(19)24-2)13-10-16(23)21-17-11-4-6-22(7-5-11)18(13)17/h8-11H,3-7,20H2,1-2H3,(H,21,23). The Morgan fingerprint density at radius 3 is 2.72 bits per heavy atom. The minimum absolute atomic E-state index is 0.0751. The molecule has 3 N–H and O–H groups in total. The molecule has 0 atom stereocenters. The Labute approximate surface area is 146 Å². The lowest BCUT2D eigenvalue weighted by molar-refractivity contribution is 0.313. The van der Waals surface area contributed by atoms with Crippen molar-refractivity contribution in [2.75, 3.05) is 37.4 Å². The second-order valence-corrected chi connectivity index (χ2v) is 6.60. The molecule has 25 heavy (non-hydrogen) atoms. The van der Waals surface area contributed by atoms with Crippen LogP contribution in [0.1, 0.15) is 31.4 Å². The van der Waals surface area contributed by atoms with E-state index in [1.54, 1.807) is 13.2 Å². The van der Waals surface area contributed by atoms with Crippen molar-refractivity contribution in [2.45, 2.75) is 25.7 Å². The predicted molar refractivity (Wildman–Crippen MR) is 98.8 cm³/mol. The van der Waals surface area contributed by atoms with Gasteiger partial charge in [-0.25, -0.2) is 0 Å². The maximum Gasteiger partial charge on any atom is 0.248 e. The van der Waals surface area contributed by atoms with Crippen LogP contribution in [0.25, 0.3) is 11.1 Å². The highest BCUT2D eigenvalue weighted by Gasteiger charge is 2.34. The van der Waals surface area contributed by atoms with Crippen LogP contribution in [0.2, 0.25) is 0 Å². The molecule has 6 heteroatoms. The molecule has 1 saturated heterocycles. The van der Waals surface area contributed by atoms with E-state index in [-0.39, 0.29) is 5.56 Å². The van der Waals surface area contributed by atoms with Crippen LogP contribution in [-0.2, 0) is 0 Å². The number of nitrogens with zero attached hydrogens (tertiary/aromatic N) is 1. The van der Waals surface area contributed by atoms with Crippen LogP contribution in [0, 0.1) is 0 Å². The average Bonchev–Trinajstić information content (AvgIpc) is 2.63. The fourth-order valence-corrected chi connectivity index (χ4v) is 4.05. The van der Waals surface area contributed by atoms with Gasteiger partial charge in [-0.05, 0) is 37.5 Å². The Morgan fingerprint density at radius 2 is 2.04 bits per heavy atom. The van der Waals surface area contributed by atoms with Gasteiger partial charge in [-0.15, -0.1) is 0 Å². The van der Waals surface area contributed by atoms with E-state index in [1.165, 1.54) is 0 Å². The Hall–Kier alpha value is -2.63. The fourth-order valence-electron chi connectivity index (χ4n) is 4.05. The van der Waals surface area contributed by atoms with Gasteiger partial charge < -0.3 is 25.1 Å². The minimum atomic E-state index is -0.0751. The first-order valence-electron chi connectivity index (χ1n) is 8.75. The Bertz CT molecular complexity index is 867. The monoisotopic (exact) mass is 341 g/mol. The van der Waals surface area contributed by atoms with Crippen LogP contribution in [0.15, 0.2) is 23.0 Å². The van der Waals surface area contributed by atoms with Crippen molar-refractivity contribution in [1.29, 1.82) is 0 Å². The second-order valence-electron chi connectivity index (χ2n) is 6.60. The third-order valence-corrected chi connectivity index (χ3v) is 5.17. The number of hydrogen-bond donors (Lipinski definition) is 2. The van der Waals surface area contributed by atoms with Crippen molar-refractivity contribution in [2.24, 2.45) is 0 Å². The summed E-state index contributed by atoms with van der Waals surface area (Å²) in [6.07, 6.45) is 2.20. The van der Waals surface area contributed by atoms with E-state index in [0.717, 1.165) is 48.4 Å². The molecule has 0 spiro atoms. The van der Waals surface area contributed by atoms with Crippen molar-refractivity contribution in [3.8, 4) is 22.6 Å². The van der Waals surface area contributed by atoms with Gasteiger partial charge in [-0.3, -0.25) is 4.79 Å². The van der Waals surface area contributed by atoms with Gasteiger partial charge in [0, 0.05) is 36.3 Å². The number of fused-ring (bicyclic) bond motifs is 2. The van der Waals surface area contributed by atoms with E-state index >= 15 is 0 Å². The molecule has 2 aromatic rings. The molecular formula is C19H23N3O3. The lowest BCUT2D eigenvalue weighted by atomic mass is 9.84. The number of pyridine rings is 1. The maximum atomic E-state index is 12.3. The summed E-state index contributed by atoms with van der Waals surface area (Å²) in [7, 11) is 1.60. The maximum absolute atomic E-state index is 12.3. The van der Waals surface area contributed by atoms with Gasteiger partial charge in [0.1, 0.15) is 0 Å². The topological polar surface area (TPSA) is 80.6 Å². The zero-order chi connectivity index (χ0) is 17.6. The predicted octanol–water partition coefficient (Wildman–Crippen LogP) is 2.73. The smallest absolute Gasteiger partial charge is 0.248 e. The van der Waals surface area contributed by atoms with Gasteiger partial charge in [0.05, 0.1) is 25.1 Å². The summed E-state index contributed by atoms with van der Waals surface area (Å²) in [6.45, 7) is 4.47. The number of nitrogens with two attached hydrogens (primary N) is 1. The Balaban J connectivity index is 1.92. The van der Waals surface area contributed by atoms with E-state index in [4.69, 9.17) is 15.2 Å². The Kier molecular flexibility index (Phi) is 3.82. The average molecular weight is 341 g/mol. The lowest BCUT2D eigenvalue weighted by Crippen LogP contribution is -2.40. The van der Waals surface area contributed by atoms with Crippen molar-refractivity contribution < 1.29 is 9.47 Å². The summed E-state index contributed by atoms with van der Waals surface area (Å²) < 4.78 is 11.1. The number of nitrogens with one attached hydrogen (secondary N) is 1. The molecule has 0 saturated carbocycles. The summed E-state index contributed by atoms with van der Waals surface area (Å²) in [5.74, 6) is 1.57. The quantitative estimate of drug-likeness (QED) is 0.836. The molecule has 0 amide bonds. The first-order chi connectivity index (χ1) is 12.1. The third-order valence-electron chi connectivity index (χ3n) is 5.17. The highest BCUT2D eigenvalue weighted by Crippen LogP contribution is 2.47. The van der Waals surface area contributed by atoms with E-state index in [1.807, 2.05) is 19.1 Å². The van der Waals surface area contributed by atoms with Gasteiger partial charge in [0.15, 0.2) is 11.5 Å². The zero-order valence-electron chi connectivity index (χ0n) is 14.6. The molecule has 1 fully saturated rings. The number of H-pyrrole nitrogens is 1. The van der Waals surface area contributed by atoms with Crippen molar-refractivity contribution in [1.82, 2.24) is 4.98 Å². The molecule has 3 aliphatic heterocycles. The summed E-state index contributed by atoms with van der Waals surface area (Å²) in [5.41, 5.74) is 10.6. The highest BCUT2D eigenvalue weighted by atomic mass is 16.5. The molecule has 5 rings (SSSR count). The zero-order valence-corrected chi connectivity index (χ0v) is 14.6. The molecule has 0 aliphatic carbocycles. The number of aromatic nitrogens is 1. The largest absolute Gasteiger partial charge is 0.493 e. The van der Waals surface area contributed by atoms with Crippen molar-refractivity contribution in [3.05, 3.63) is 34.2 Å². The lowest BCUT2D eigenvalue weighted by Gasteiger charge is -2.42. The van der Waals surface area contributed by atoms with Gasteiger partial charge >= 0.3 is 0 Å². The number of hydrogen-bond acceptors (Lipinski definition) is 5. The van der Waals surface area contributed by atoms with Crippen LogP contribution in [0.4, 0.5) is 11.4 Å². The number of aromatic amines is 1. The molecule has 1 aromatic heterocycles. The molecule has 6 nitrogen and oxygen atoms in total. The number of benzene rings is 1. The fraction of sp³-hybridized carbons (Fsp3) is 0.421. The number of piperidine rings is 1. The molecule has 0 unspecified atom stereocenters. The minimum Gasteiger partial charge on any atom is -0.493 e. The summed E-state index contributed by atoms with van der Waals surface area (Å²) >= 11 is 0. The third kappa shape index (κ3) is 2.52. The summed E-state index contributed by atoms with van der Waals surface area (Å²) in [4.78, 5) is 17.7. The number of anilines is 2. The van der Waals surface area contributed by atoms with Gasteiger partial charge in [0.2, 0.25) is 5.56 Å². The summed E-state index contributed by atoms with van der Waals surface area (Å²) in [5, 5.41) is 0. The summed E-state index contributed by atoms with van der Waals surface area (Å²) in [6, 6.07) is 5.43. The first kappa shape index (κ1) is 15.9. The van der Waals surface area contributed by atoms with Gasteiger partial charge in [0.25, 0.3) is 0 Å². The van der Waals surface area contributed by atoms with Crippen LogP contribution >= 0.6 is 0 Å². The molecule has 132 valence electrons. The first-order valence-corrected chi connectivity index (χ1v) is 8.75. The van der Waals surface area contributed by atoms with Crippen LogP contribution < -0.4 is 25.7 Å². The normalized spacial score (nSPS) is 16.0. The van der Waals surface area contributed by atoms with E-state index in [9.17, 15) is 4.79 Å². The molecule has 0 radical (unpaired) electrons. The van der Waals surface area contributed by atoms with Crippen LogP contribution in [-0.4, -0.2) is 31.8 Å². The number of methoxy groups -OCH3 is 1. The Morgan fingerprint density at radius 1 is 1.28 bits per heavy atom. The number of rotatable bonds is 4. The molecule has 4 heterocycles. The molecular weight excluding hydrogens is 318 g/mol. The number of ether oxygens (including phenoxy) is 2. The van der Waals surface area contributed by atoms with Crippen LogP contribution in [0.3, 0.4) is 0 Å². The highest BCUT2D eigenvalue weighted by molar-refractivity contribution is 5.85. The molecule has 2 bridgehead atoms. The second kappa shape index (κ2) is 6.02. The van der Waals surface area contributed by atoms with Crippen molar-refractivity contribution in [3.63, 3.8) is 0 Å². The van der Waals surface area contributed by atoms with E-state index < -0.39 is 0 Å². The van der Waals surface area contributed by atoms with Crippen molar-refractivity contribution >= 4 is 11.4 Å². The SMILES string of the molecule is CCOc1c(N)cc(-c2cc(=O)[nH]c3c2N2CCC3CC2)cc1OC. The van der Waals surface area contributed by atoms with Gasteiger partial charge in [-0.1, -0.05) is 0 Å². The van der Waals surface area contributed by atoms with Gasteiger partial charge in [-0.2, -0.15) is 0 Å². The van der Waals surface area contributed by atoms with E-state index in [2.05, 4.69) is 9.88 Å². The molecule has 1 aromatic carbocycles. The number of nitrogen functional groups attached to an aromatic ring is 1.